The first-order chi connectivity index (χ1) is 10.4. The molecule has 0 amide bonds. The fourth-order valence-corrected chi connectivity index (χ4v) is 4.02. The Morgan fingerprint density at radius 3 is 2.55 bits per heavy atom. The van der Waals surface area contributed by atoms with Crippen molar-refractivity contribution in [3.63, 3.8) is 0 Å². The number of hydrogen-bond donors (Lipinski definition) is 0. The third-order valence-corrected chi connectivity index (χ3v) is 5.76. The molecule has 0 bridgehead atoms. The Kier molecular flexibility index (Phi) is 4.37. The average molecular weight is 318 g/mol. The molecule has 0 N–H and O–H groups in total. The van der Waals surface area contributed by atoms with Crippen LogP contribution >= 0.6 is 11.3 Å². The van der Waals surface area contributed by atoms with Crippen molar-refractivity contribution in [2.24, 2.45) is 7.05 Å². The first-order valence-electron chi connectivity index (χ1n) is 8.08. The molecule has 4 nitrogen and oxygen atoms in total. The lowest BCUT2D eigenvalue weighted by atomic mass is 9.93. The van der Waals surface area contributed by atoms with Crippen LogP contribution in [0.15, 0.2) is 17.6 Å². The van der Waals surface area contributed by atoms with Crippen molar-refractivity contribution in [3.8, 4) is 0 Å². The molecule has 0 spiro atoms. The molecule has 0 saturated carbocycles. The van der Waals surface area contributed by atoms with Crippen LogP contribution in [-0.2, 0) is 19.0 Å². The topological polar surface area (TPSA) is 34.0 Å². The van der Waals surface area contributed by atoms with Gasteiger partial charge in [-0.2, -0.15) is 5.10 Å². The van der Waals surface area contributed by atoms with E-state index in [0.717, 1.165) is 19.6 Å². The van der Waals surface area contributed by atoms with Gasteiger partial charge in [0.05, 0.1) is 10.7 Å². The summed E-state index contributed by atoms with van der Waals surface area (Å²) in [5.41, 5.74) is 2.77. The van der Waals surface area contributed by atoms with Crippen LogP contribution < -0.4 is 0 Å². The summed E-state index contributed by atoms with van der Waals surface area (Å²) in [7, 11) is 2.05. The van der Waals surface area contributed by atoms with Crippen LogP contribution in [0.25, 0.3) is 0 Å². The van der Waals surface area contributed by atoms with Crippen LogP contribution in [0.1, 0.15) is 55.9 Å². The number of aryl methyl sites for hydroxylation is 1. The molecular weight excluding hydrogens is 292 g/mol. The first kappa shape index (κ1) is 15.7. The summed E-state index contributed by atoms with van der Waals surface area (Å²) >= 11 is 1.80. The first-order valence-corrected chi connectivity index (χ1v) is 8.96. The molecule has 1 fully saturated rings. The largest absolute Gasteiger partial charge is 0.297 e. The Hall–Kier alpha value is -1.20. The van der Waals surface area contributed by atoms with Gasteiger partial charge in [-0.25, -0.2) is 4.98 Å². The minimum Gasteiger partial charge on any atom is -0.297 e. The normalized spacial score (nSPS) is 18.0. The molecule has 0 unspecified atom stereocenters. The minimum absolute atomic E-state index is 0.162. The summed E-state index contributed by atoms with van der Waals surface area (Å²) in [6.07, 6.45) is 4.34. The van der Waals surface area contributed by atoms with Gasteiger partial charge < -0.3 is 0 Å². The zero-order chi connectivity index (χ0) is 15.7. The molecule has 1 aliphatic heterocycles. The van der Waals surface area contributed by atoms with Gasteiger partial charge in [0.15, 0.2) is 0 Å². The van der Waals surface area contributed by atoms with Gasteiger partial charge >= 0.3 is 0 Å². The lowest BCUT2D eigenvalue weighted by Crippen LogP contribution is -2.33. The van der Waals surface area contributed by atoms with E-state index in [4.69, 9.17) is 4.98 Å². The van der Waals surface area contributed by atoms with Crippen molar-refractivity contribution < 1.29 is 0 Å². The second kappa shape index (κ2) is 6.13. The molecule has 3 heterocycles. The molecule has 2 aromatic rings. The van der Waals surface area contributed by atoms with Gasteiger partial charge in [-0.15, -0.1) is 11.3 Å². The lowest BCUT2D eigenvalue weighted by Gasteiger charge is -2.31. The molecular formula is C17H26N4S. The maximum Gasteiger partial charge on any atom is 0.0982 e. The van der Waals surface area contributed by atoms with Crippen LogP contribution in [0.3, 0.4) is 0 Å². The Morgan fingerprint density at radius 2 is 2.00 bits per heavy atom. The van der Waals surface area contributed by atoms with E-state index in [0.29, 0.717) is 5.92 Å². The molecule has 0 atom stereocenters. The van der Waals surface area contributed by atoms with Gasteiger partial charge in [0.2, 0.25) is 0 Å². The van der Waals surface area contributed by atoms with Crippen LogP contribution in [0.2, 0.25) is 0 Å². The van der Waals surface area contributed by atoms with Crippen LogP contribution in [0.4, 0.5) is 0 Å². The molecule has 120 valence electrons. The van der Waals surface area contributed by atoms with Crippen molar-refractivity contribution in [3.05, 3.63) is 34.0 Å². The Balaban J connectivity index is 1.56. The highest BCUT2D eigenvalue weighted by atomic mass is 32.1. The lowest BCUT2D eigenvalue weighted by molar-refractivity contribution is 0.200. The zero-order valence-electron chi connectivity index (χ0n) is 14.0. The number of thiazole rings is 1. The van der Waals surface area contributed by atoms with E-state index < -0.39 is 0 Å². The van der Waals surface area contributed by atoms with Crippen molar-refractivity contribution in [1.82, 2.24) is 19.7 Å². The molecule has 22 heavy (non-hydrogen) atoms. The fraction of sp³-hybridized carbons (Fsp3) is 0.647. The molecule has 2 aromatic heterocycles. The monoisotopic (exact) mass is 318 g/mol. The second-order valence-electron chi connectivity index (χ2n) is 7.32. The number of aromatic nitrogens is 3. The maximum absolute atomic E-state index is 4.82. The Labute approximate surface area is 137 Å². The Morgan fingerprint density at radius 1 is 1.27 bits per heavy atom. The summed E-state index contributed by atoms with van der Waals surface area (Å²) in [5, 5.41) is 7.77. The molecule has 5 heteroatoms. The summed E-state index contributed by atoms with van der Waals surface area (Å²) < 4.78 is 2.02. The quantitative estimate of drug-likeness (QED) is 0.868. The molecule has 0 aliphatic carbocycles. The van der Waals surface area contributed by atoms with E-state index in [9.17, 15) is 0 Å². The van der Waals surface area contributed by atoms with E-state index in [2.05, 4.69) is 42.2 Å². The summed E-state index contributed by atoms with van der Waals surface area (Å²) in [4.78, 5) is 7.36. The zero-order valence-corrected chi connectivity index (χ0v) is 14.9. The average Bonchev–Trinajstić information content (AvgIpc) is 3.08. The Bertz CT molecular complexity index is 615. The molecule has 1 aliphatic rings. The van der Waals surface area contributed by atoms with Crippen LogP contribution in [-0.4, -0.2) is 32.8 Å². The fourth-order valence-electron chi connectivity index (χ4n) is 3.12. The number of rotatable bonds is 3. The van der Waals surface area contributed by atoms with Gasteiger partial charge in [-0.3, -0.25) is 9.58 Å². The number of likely N-dealkylation sites (tertiary alicyclic amines) is 1. The van der Waals surface area contributed by atoms with E-state index in [1.54, 1.807) is 11.3 Å². The van der Waals surface area contributed by atoms with Crippen molar-refractivity contribution >= 4 is 11.3 Å². The minimum atomic E-state index is 0.162. The van der Waals surface area contributed by atoms with Gasteiger partial charge in [-0.05, 0) is 32.0 Å². The van der Waals surface area contributed by atoms with E-state index in [1.807, 2.05) is 17.9 Å². The molecule has 3 rings (SSSR count). The highest BCUT2D eigenvalue weighted by Crippen LogP contribution is 2.29. The van der Waals surface area contributed by atoms with Crippen LogP contribution in [0.5, 0.6) is 0 Å². The van der Waals surface area contributed by atoms with Gasteiger partial charge in [0, 0.05) is 42.2 Å². The predicted octanol–water partition coefficient (Wildman–Crippen LogP) is 3.55. The highest BCUT2D eigenvalue weighted by molar-refractivity contribution is 7.09. The van der Waals surface area contributed by atoms with E-state index in [-0.39, 0.29) is 5.41 Å². The predicted molar refractivity (Wildman–Crippen MR) is 91.3 cm³/mol. The highest BCUT2D eigenvalue weighted by Gasteiger charge is 2.24. The summed E-state index contributed by atoms with van der Waals surface area (Å²) in [5.74, 6) is 0.657. The number of hydrogen-bond acceptors (Lipinski definition) is 4. The van der Waals surface area contributed by atoms with Gasteiger partial charge in [-0.1, -0.05) is 20.8 Å². The van der Waals surface area contributed by atoms with Gasteiger partial charge in [0.25, 0.3) is 0 Å². The smallest absolute Gasteiger partial charge is 0.0982 e. The standard InChI is InChI=1S/C17H26N4S/c1-17(2,3)16-19-14(12-22-16)11-21-9-6-13(7-10-21)15-5-8-18-20(15)4/h5,8,12-13H,6-7,9-11H2,1-4H3. The second-order valence-corrected chi connectivity index (χ2v) is 8.18. The summed E-state index contributed by atoms with van der Waals surface area (Å²) in [6.45, 7) is 9.99. The molecule has 0 radical (unpaired) electrons. The van der Waals surface area contributed by atoms with Crippen molar-refractivity contribution in [2.75, 3.05) is 13.1 Å². The van der Waals surface area contributed by atoms with E-state index in [1.165, 1.54) is 29.2 Å². The van der Waals surface area contributed by atoms with E-state index >= 15 is 0 Å². The number of nitrogens with zero attached hydrogens (tertiary/aromatic N) is 4. The molecule has 1 saturated heterocycles. The SMILES string of the molecule is Cn1nccc1C1CCN(Cc2csc(C(C)(C)C)n2)CC1. The van der Waals surface area contributed by atoms with Crippen molar-refractivity contribution in [1.29, 1.82) is 0 Å². The van der Waals surface area contributed by atoms with Gasteiger partial charge in [0.1, 0.15) is 0 Å². The van der Waals surface area contributed by atoms with Crippen LogP contribution in [0, 0.1) is 0 Å². The molecule has 0 aromatic carbocycles. The third-order valence-electron chi connectivity index (χ3n) is 4.44. The summed E-state index contributed by atoms with van der Waals surface area (Å²) in [6, 6.07) is 2.16. The maximum atomic E-state index is 4.82. The van der Waals surface area contributed by atoms with Crippen molar-refractivity contribution in [2.45, 2.75) is 51.5 Å². The number of piperidine rings is 1. The third kappa shape index (κ3) is 3.41.